The van der Waals surface area contributed by atoms with Crippen LogP contribution in [-0.4, -0.2) is 46.3 Å². The van der Waals surface area contributed by atoms with Gasteiger partial charge in [-0.3, -0.25) is 29.4 Å². The second-order valence-corrected chi connectivity index (χ2v) is 8.32. The van der Waals surface area contributed by atoms with Crippen molar-refractivity contribution < 1.29 is 24.3 Å². The van der Waals surface area contributed by atoms with E-state index >= 15 is 0 Å². The first-order chi connectivity index (χ1) is 14.4. The van der Waals surface area contributed by atoms with E-state index in [1.54, 1.807) is 0 Å². The van der Waals surface area contributed by atoms with Crippen LogP contribution in [0.15, 0.2) is 18.2 Å². The quantitative estimate of drug-likeness (QED) is 0.585. The van der Waals surface area contributed by atoms with Gasteiger partial charge in [0.15, 0.2) is 0 Å². The molecule has 3 amide bonds. The predicted molar refractivity (Wildman–Crippen MR) is 109 cm³/mol. The average Bonchev–Trinajstić information content (AvgIpc) is 3.30. The number of imide groups is 1. The molecule has 0 unspecified atom stereocenters. The average molecular weight is 413 g/mol. The Hall–Kier alpha value is -2.74. The minimum Gasteiger partial charge on any atom is -0.481 e. The van der Waals surface area contributed by atoms with Crippen LogP contribution in [0.4, 0.5) is 5.69 Å². The minimum atomic E-state index is -1.35. The summed E-state index contributed by atoms with van der Waals surface area (Å²) in [5, 5.41) is 15.4. The number of carbonyl (C=O) groups excluding carboxylic acids is 3. The lowest BCUT2D eigenvalue weighted by atomic mass is 9.76. The molecule has 0 bridgehead atoms. The summed E-state index contributed by atoms with van der Waals surface area (Å²) in [5.41, 5.74) is 0.993. The molecule has 3 heterocycles. The first kappa shape index (κ1) is 20.5. The molecule has 1 aromatic rings. The van der Waals surface area contributed by atoms with E-state index in [4.69, 9.17) is 5.11 Å². The third-order valence-electron chi connectivity index (χ3n) is 6.71. The highest BCUT2D eigenvalue weighted by atomic mass is 16.4. The molecule has 8 nitrogen and oxygen atoms in total. The Labute approximate surface area is 175 Å². The van der Waals surface area contributed by atoms with Crippen molar-refractivity contribution in [1.82, 2.24) is 10.2 Å². The molecule has 3 aliphatic heterocycles. The van der Waals surface area contributed by atoms with Crippen LogP contribution in [0.25, 0.3) is 0 Å². The van der Waals surface area contributed by atoms with Crippen LogP contribution >= 0.6 is 0 Å². The van der Waals surface area contributed by atoms with E-state index in [0.717, 1.165) is 12.0 Å². The van der Waals surface area contributed by atoms with Crippen molar-refractivity contribution in [2.24, 2.45) is 11.8 Å². The molecule has 0 radical (unpaired) electrons. The van der Waals surface area contributed by atoms with Crippen LogP contribution in [0.2, 0.25) is 0 Å². The zero-order valence-electron chi connectivity index (χ0n) is 17.2. The lowest BCUT2D eigenvalue weighted by molar-refractivity contribution is -0.143. The van der Waals surface area contributed by atoms with Gasteiger partial charge in [-0.05, 0) is 24.8 Å². The summed E-state index contributed by atoms with van der Waals surface area (Å²) in [4.78, 5) is 52.5. The van der Waals surface area contributed by atoms with Crippen LogP contribution in [0, 0.1) is 11.8 Å². The monoisotopic (exact) mass is 413 g/mol. The summed E-state index contributed by atoms with van der Waals surface area (Å²) in [6.07, 6.45) is 2.28. The van der Waals surface area contributed by atoms with Crippen molar-refractivity contribution in [3.05, 3.63) is 29.3 Å². The Morgan fingerprint density at radius 3 is 2.63 bits per heavy atom. The number of anilines is 1. The van der Waals surface area contributed by atoms with Crippen LogP contribution in [-0.2, 0) is 31.1 Å². The molecule has 30 heavy (non-hydrogen) atoms. The number of benzene rings is 1. The standard InChI is InChI=1S/C22H27N3O5/c1-3-5-11-25-19(28)16-14(9-10-15(26)27)24-22(17(16)20(25)29)13-8-6-7-12(4-2)18(13)23-21(22)30/h6-8,14,16-17,24H,3-5,9-11H2,1-2H3,(H,23,30)(H,26,27)/t14-,16+,17+,22-/m0/s1. The summed E-state index contributed by atoms with van der Waals surface area (Å²) < 4.78 is 0. The maximum absolute atomic E-state index is 13.4. The number of nitrogens with one attached hydrogen (secondary N) is 2. The number of aliphatic carboxylic acids is 1. The molecular formula is C22H27N3O5. The number of aryl methyl sites for hydroxylation is 1. The van der Waals surface area contributed by atoms with Gasteiger partial charge in [-0.25, -0.2) is 0 Å². The van der Waals surface area contributed by atoms with Crippen molar-refractivity contribution in [2.75, 3.05) is 11.9 Å². The normalized spacial score (nSPS) is 29.5. The molecule has 2 fully saturated rings. The second kappa shape index (κ2) is 7.50. The fourth-order valence-electron chi connectivity index (χ4n) is 5.31. The van der Waals surface area contributed by atoms with Crippen molar-refractivity contribution in [2.45, 2.75) is 57.5 Å². The van der Waals surface area contributed by atoms with Crippen molar-refractivity contribution in [3.63, 3.8) is 0 Å². The molecule has 2 saturated heterocycles. The molecule has 4 rings (SSSR count). The Morgan fingerprint density at radius 2 is 1.97 bits per heavy atom. The summed E-state index contributed by atoms with van der Waals surface area (Å²) >= 11 is 0. The van der Waals surface area contributed by atoms with E-state index in [-0.39, 0.29) is 30.6 Å². The molecule has 0 aromatic heterocycles. The fraction of sp³-hybridized carbons (Fsp3) is 0.545. The molecule has 1 spiro atoms. The lowest BCUT2D eigenvalue weighted by Gasteiger charge is -2.29. The van der Waals surface area contributed by atoms with E-state index in [1.807, 2.05) is 32.0 Å². The van der Waals surface area contributed by atoms with E-state index in [0.29, 0.717) is 30.6 Å². The Bertz CT molecular complexity index is 929. The van der Waals surface area contributed by atoms with Crippen LogP contribution in [0.3, 0.4) is 0 Å². The van der Waals surface area contributed by atoms with Crippen LogP contribution < -0.4 is 10.6 Å². The predicted octanol–water partition coefficient (Wildman–Crippen LogP) is 1.63. The van der Waals surface area contributed by atoms with Gasteiger partial charge in [-0.15, -0.1) is 0 Å². The van der Waals surface area contributed by atoms with Gasteiger partial charge >= 0.3 is 5.97 Å². The summed E-state index contributed by atoms with van der Waals surface area (Å²) in [7, 11) is 0. The number of amides is 3. The molecular weight excluding hydrogens is 386 g/mol. The topological polar surface area (TPSA) is 116 Å². The minimum absolute atomic E-state index is 0.142. The molecule has 4 atom stereocenters. The first-order valence-electron chi connectivity index (χ1n) is 10.6. The molecule has 3 aliphatic rings. The number of rotatable bonds is 7. The number of nitrogens with zero attached hydrogens (tertiary/aromatic N) is 1. The number of para-hydroxylation sites is 1. The summed E-state index contributed by atoms with van der Waals surface area (Å²) in [6, 6.07) is 5.05. The zero-order valence-corrected chi connectivity index (χ0v) is 17.2. The number of carboxylic acids is 1. The second-order valence-electron chi connectivity index (χ2n) is 8.32. The van der Waals surface area contributed by atoms with Gasteiger partial charge < -0.3 is 10.4 Å². The van der Waals surface area contributed by atoms with Crippen LogP contribution in [0.1, 0.15) is 50.7 Å². The van der Waals surface area contributed by atoms with Crippen LogP contribution in [0.5, 0.6) is 0 Å². The summed E-state index contributed by atoms with van der Waals surface area (Å²) in [5.74, 6) is -3.56. The van der Waals surface area contributed by atoms with E-state index < -0.39 is 29.4 Å². The van der Waals surface area contributed by atoms with Gasteiger partial charge in [0, 0.05) is 30.3 Å². The molecule has 8 heteroatoms. The Morgan fingerprint density at radius 1 is 1.20 bits per heavy atom. The van der Waals surface area contributed by atoms with Crippen molar-refractivity contribution in [3.8, 4) is 0 Å². The first-order valence-corrected chi connectivity index (χ1v) is 10.6. The van der Waals surface area contributed by atoms with Crippen molar-refractivity contribution in [1.29, 1.82) is 0 Å². The Balaban J connectivity index is 1.82. The smallest absolute Gasteiger partial charge is 0.303 e. The highest BCUT2D eigenvalue weighted by molar-refractivity contribution is 6.15. The van der Waals surface area contributed by atoms with Gasteiger partial charge in [-0.2, -0.15) is 0 Å². The van der Waals surface area contributed by atoms with Gasteiger partial charge in [0.25, 0.3) is 0 Å². The Kier molecular flexibility index (Phi) is 5.13. The maximum atomic E-state index is 13.4. The zero-order chi connectivity index (χ0) is 21.6. The summed E-state index contributed by atoms with van der Waals surface area (Å²) in [6.45, 7) is 4.30. The third kappa shape index (κ3) is 2.77. The number of likely N-dealkylation sites (tertiary alicyclic amines) is 1. The molecule has 3 N–H and O–H groups in total. The van der Waals surface area contributed by atoms with E-state index in [1.165, 1.54) is 4.90 Å². The van der Waals surface area contributed by atoms with E-state index in [2.05, 4.69) is 10.6 Å². The maximum Gasteiger partial charge on any atom is 0.303 e. The highest BCUT2D eigenvalue weighted by Gasteiger charge is 2.70. The number of unbranched alkanes of at least 4 members (excludes halogenated alkanes) is 1. The number of carboxylic acid groups (broad SMARTS) is 1. The number of carbonyl (C=O) groups is 4. The van der Waals surface area contributed by atoms with E-state index in [9.17, 15) is 19.2 Å². The number of hydrogen-bond donors (Lipinski definition) is 3. The number of hydrogen-bond acceptors (Lipinski definition) is 5. The van der Waals surface area contributed by atoms with Crippen molar-refractivity contribution >= 4 is 29.4 Å². The largest absolute Gasteiger partial charge is 0.481 e. The molecule has 160 valence electrons. The lowest BCUT2D eigenvalue weighted by Crippen LogP contribution is -2.53. The molecule has 0 saturated carbocycles. The van der Waals surface area contributed by atoms with Gasteiger partial charge in [0.1, 0.15) is 5.54 Å². The van der Waals surface area contributed by atoms with Gasteiger partial charge in [0.2, 0.25) is 17.7 Å². The third-order valence-corrected chi connectivity index (χ3v) is 6.71. The molecule has 0 aliphatic carbocycles. The SMILES string of the molecule is CCCCN1C(=O)[C@@H]2[C@H](CCC(=O)O)N[C@]3(C(=O)Nc4c(CC)cccc43)[C@H]2C1=O. The fourth-order valence-corrected chi connectivity index (χ4v) is 5.31. The van der Waals surface area contributed by atoms with Gasteiger partial charge in [0.05, 0.1) is 11.8 Å². The molecule has 1 aromatic carbocycles. The number of fused-ring (bicyclic) bond motifs is 4. The van der Waals surface area contributed by atoms with Gasteiger partial charge in [-0.1, -0.05) is 38.5 Å². The highest BCUT2D eigenvalue weighted by Crippen LogP contribution is 2.54.